The zero-order valence-corrected chi connectivity index (χ0v) is 9.31. The third kappa shape index (κ3) is 2.58. The molecular formula is C11H19NO3. The van der Waals surface area contributed by atoms with Gasteiger partial charge >= 0.3 is 0 Å². The number of aliphatic hydroxyl groups is 2. The predicted octanol–water partition coefficient (Wildman–Crippen LogP) is 0.295. The van der Waals surface area contributed by atoms with E-state index in [9.17, 15) is 9.90 Å². The van der Waals surface area contributed by atoms with Gasteiger partial charge in [-0.2, -0.15) is 0 Å². The van der Waals surface area contributed by atoms with E-state index in [2.05, 4.69) is 6.58 Å². The van der Waals surface area contributed by atoms with Crippen molar-refractivity contribution >= 4 is 5.91 Å². The lowest BCUT2D eigenvalue weighted by Gasteiger charge is -2.28. The summed E-state index contributed by atoms with van der Waals surface area (Å²) >= 11 is 0. The van der Waals surface area contributed by atoms with Crippen molar-refractivity contribution in [3.63, 3.8) is 0 Å². The topological polar surface area (TPSA) is 60.8 Å². The molecule has 0 aromatic rings. The molecule has 1 heterocycles. The van der Waals surface area contributed by atoms with Gasteiger partial charge in [-0.15, -0.1) is 0 Å². The van der Waals surface area contributed by atoms with E-state index in [0.29, 0.717) is 6.54 Å². The van der Waals surface area contributed by atoms with E-state index in [1.165, 1.54) is 6.92 Å². The minimum Gasteiger partial charge on any atom is -0.390 e. The first-order chi connectivity index (χ1) is 6.95. The van der Waals surface area contributed by atoms with Gasteiger partial charge in [-0.3, -0.25) is 4.79 Å². The number of aliphatic hydroxyl groups excluding tert-OH is 2. The van der Waals surface area contributed by atoms with Crippen molar-refractivity contribution in [2.24, 2.45) is 0 Å². The average Bonchev–Trinajstić information content (AvgIpc) is 2.63. The van der Waals surface area contributed by atoms with Crippen LogP contribution < -0.4 is 0 Å². The van der Waals surface area contributed by atoms with E-state index in [-0.39, 0.29) is 6.04 Å². The molecule has 0 spiro atoms. The van der Waals surface area contributed by atoms with Crippen LogP contribution in [-0.4, -0.2) is 45.8 Å². The Morgan fingerprint density at radius 2 is 2.13 bits per heavy atom. The van der Waals surface area contributed by atoms with Crippen LogP contribution in [0.1, 0.15) is 26.7 Å². The molecule has 0 aromatic carbocycles. The molecule has 4 heteroatoms. The normalized spacial score (nSPS) is 25.1. The summed E-state index contributed by atoms with van der Waals surface area (Å²) in [6.07, 6.45) is -0.516. The van der Waals surface area contributed by atoms with Crippen LogP contribution in [0.2, 0.25) is 0 Å². The number of carbonyl (C=O) groups excluding carboxylic acids is 1. The molecular weight excluding hydrogens is 194 g/mol. The maximum absolute atomic E-state index is 11.8. The molecule has 4 nitrogen and oxygen atoms in total. The van der Waals surface area contributed by atoms with Gasteiger partial charge < -0.3 is 15.1 Å². The van der Waals surface area contributed by atoms with Gasteiger partial charge in [-0.05, 0) is 26.7 Å². The number of rotatable bonds is 3. The minimum atomic E-state index is -1.31. The van der Waals surface area contributed by atoms with E-state index in [0.717, 1.165) is 18.4 Å². The Balaban J connectivity index is 2.70. The van der Waals surface area contributed by atoms with E-state index < -0.39 is 18.1 Å². The second-order valence-electron chi connectivity index (χ2n) is 4.22. The highest BCUT2D eigenvalue weighted by atomic mass is 16.3. The molecule has 0 saturated carbocycles. The van der Waals surface area contributed by atoms with Crippen LogP contribution in [0.5, 0.6) is 0 Å². The summed E-state index contributed by atoms with van der Waals surface area (Å²) in [6.45, 7) is 7.77. The van der Waals surface area contributed by atoms with Crippen molar-refractivity contribution in [1.82, 2.24) is 4.90 Å². The second-order valence-corrected chi connectivity index (χ2v) is 4.22. The molecule has 3 atom stereocenters. The van der Waals surface area contributed by atoms with Crippen LogP contribution in [0.25, 0.3) is 0 Å². The molecule has 0 radical (unpaired) electrons. The molecule has 2 unspecified atom stereocenters. The van der Waals surface area contributed by atoms with Crippen LogP contribution in [0.15, 0.2) is 12.2 Å². The molecule has 0 aliphatic carbocycles. The van der Waals surface area contributed by atoms with Crippen molar-refractivity contribution in [1.29, 1.82) is 0 Å². The molecule has 1 aliphatic heterocycles. The largest absolute Gasteiger partial charge is 0.390 e. The van der Waals surface area contributed by atoms with Crippen molar-refractivity contribution in [2.45, 2.75) is 44.9 Å². The molecule has 86 valence electrons. The summed E-state index contributed by atoms with van der Waals surface area (Å²) in [5, 5.41) is 18.6. The molecule has 1 aliphatic rings. The quantitative estimate of drug-likeness (QED) is 0.663. The standard InChI is InChI=1S/C11H19NO3/c1-7(2)9-5-4-6-12(9)11(15)10(14)8(3)13/h8-10,13-14H,1,4-6H2,2-3H3/t8?,9-,10?/m1/s1. The summed E-state index contributed by atoms with van der Waals surface area (Å²) in [5.74, 6) is -0.393. The lowest BCUT2D eigenvalue weighted by molar-refractivity contribution is -0.145. The number of amides is 1. The van der Waals surface area contributed by atoms with Gasteiger partial charge in [0, 0.05) is 6.54 Å². The fourth-order valence-electron chi connectivity index (χ4n) is 1.92. The molecule has 1 fully saturated rings. The van der Waals surface area contributed by atoms with Crippen LogP contribution in [0, 0.1) is 0 Å². The molecule has 0 bridgehead atoms. The SMILES string of the molecule is C=C(C)[C@H]1CCCN1C(=O)C(O)C(C)O. The maximum atomic E-state index is 11.8. The van der Waals surface area contributed by atoms with Crippen molar-refractivity contribution in [3.8, 4) is 0 Å². The van der Waals surface area contributed by atoms with Crippen molar-refractivity contribution in [2.75, 3.05) is 6.54 Å². The third-order valence-corrected chi connectivity index (χ3v) is 2.81. The van der Waals surface area contributed by atoms with Gasteiger partial charge in [0.05, 0.1) is 12.1 Å². The van der Waals surface area contributed by atoms with E-state index >= 15 is 0 Å². The molecule has 2 N–H and O–H groups in total. The van der Waals surface area contributed by atoms with Gasteiger partial charge in [0.2, 0.25) is 0 Å². The van der Waals surface area contributed by atoms with Crippen LogP contribution >= 0.6 is 0 Å². The minimum absolute atomic E-state index is 0.0194. The first-order valence-corrected chi connectivity index (χ1v) is 5.27. The first-order valence-electron chi connectivity index (χ1n) is 5.27. The zero-order valence-electron chi connectivity index (χ0n) is 9.31. The highest BCUT2D eigenvalue weighted by Crippen LogP contribution is 2.23. The molecule has 0 aromatic heterocycles. The smallest absolute Gasteiger partial charge is 0.254 e. The zero-order chi connectivity index (χ0) is 11.6. The summed E-state index contributed by atoms with van der Waals surface area (Å²) in [7, 11) is 0. The summed E-state index contributed by atoms with van der Waals surface area (Å²) in [5.41, 5.74) is 0.929. The van der Waals surface area contributed by atoms with Crippen molar-refractivity contribution < 1.29 is 15.0 Å². The van der Waals surface area contributed by atoms with E-state index in [4.69, 9.17) is 5.11 Å². The third-order valence-electron chi connectivity index (χ3n) is 2.81. The fraction of sp³-hybridized carbons (Fsp3) is 0.727. The molecule has 1 saturated heterocycles. The van der Waals surface area contributed by atoms with Crippen molar-refractivity contribution in [3.05, 3.63) is 12.2 Å². The van der Waals surface area contributed by atoms with Gasteiger partial charge in [0.1, 0.15) is 0 Å². The highest BCUT2D eigenvalue weighted by molar-refractivity contribution is 5.82. The second kappa shape index (κ2) is 4.77. The first kappa shape index (κ1) is 12.2. The van der Waals surface area contributed by atoms with Crippen LogP contribution in [-0.2, 0) is 4.79 Å². The Morgan fingerprint density at radius 3 is 2.60 bits per heavy atom. The Labute approximate surface area is 90.2 Å². The van der Waals surface area contributed by atoms with E-state index in [1.807, 2.05) is 6.92 Å². The van der Waals surface area contributed by atoms with Gasteiger partial charge in [-0.25, -0.2) is 0 Å². The summed E-state index contributed by atoms with van der Waals surface area (Å²) < 4.78 is 0. The number of hydrogen-bond donors (Lipinski definition) is 2. The fourth-order valence-corrected chi connectivity index (χ4v) is 1.92. The average molecular weight is 213 g/mol. The molecule has 1 amide bonds. The van der Waals surface area contributed by atoms with Gasteiger partial charge in [0.15, 0.2) is 6.10 Å². The van der Waals surface area contributed by atoms with Crippen LogP contribution in [0.4, 0.5) is 0 Å². The Morgan fingerprint density at radius 1 is 1.53 bits per heavy atom. The lowest BCUT2D eigenvalue weighted by atomic mass is 10.1. The van der Waals surface area contributed by atoms with E-state index in [1.54, 1.807) is 4.90 Å². The molecule has 15 heavy (non-hydrogen) atoms. The molecule has 1 rings (SSSR count). The lowest BCUT2D eigenvalue weighted by Crippen LogP contribution is -2.46. The van der Waals surface area contributed by atoms with Gasteiger partial charge in [-0.1, -0.05) is 12.2 Å². The Hall–Kier alpha value is -0.870. The highest BCUT2D eigenvalue weighted by Gasteiger charge is 2.34. The number of carbonyl (C=O) groups is 1. The number of nitrogens with zero attached hydrogens (tertiary/aromatic N) is 1. The summed E-state index contributed by atoms with van der Waals surface area (Å²) in [4.78, 5) is 13.4. The Bertz CT molecular complexity index is 263. The number of hydrogen-bond acceptors (Lipinski definition) is 3. The predicted molar refractivity (Wildman–Crippen MR) is 57.2 cm³/mol. The summed E-state index contributed by atoms with van der Waals surface area (Å²) in [6, 6.07) is 0.0194. The van der Waals surface area contributed by atoms with Crippen LogP contribution in [0.3, 0.4) is 0 Å². The maximum Gasteiger partial charge on any atom is 0.254 e. The number of likely N-dealkylation sites (tertiary alicyclic amines) is 1. The monoisotopic (exact) mass is 213 g/mol. The Kier molecular flexibility index (Phi) is 3.88. The van der Waals surface area contributed by atoms with Gasteiger partial charge in [0.25, 0.3) is 5.91 Å².